The van der Waals surface area contributed by atoms with Crippen LogP contribution in [0.3, 0.4) is 0 Å². The molecule has 0 aliphatic carbocycles. The molecule has 1 unspecified atom stereocenters. The Morgan fingerprint density at radius 2 is 2.29 bits per heavy atom. The summed E-state index contributed by atoms with van der Waals surface area (Å²) in [7, 11) is 0. The van der Waals surface area contributed by atoms with Gasteiger partial charge in [0.05, 0.1) is 0 Å². The number of hydrogen-bond acceptors (Lipinski definition) is 2. The molecule has 94 valence electrons. The molecule has 1 aromatic rings. The number of anilines is 1. The van der Waals surface area contributed by atoms with Gasteiger partial charge in [-0.05, 0) is 38.4 Å². The SMILES string of the molecule is CCCNC1CCN(c2cccc(F)c2C)C1. The van der Waals surface area contributed by atoms with Crippen LogP contribution < -0.4 is 10.2 Å². The average Bonchev–Trinajstić information content (AvgIpc) is 2.78. The van der Waals surface area contributed by atoms with Gasteiger partial charge >= 0.3 is 0 Å². The van der Waals surface area contributed by atoms with Crippen LogP contribution in [0.4, 0.5) is 10.1 Å². The quantitative estimate of drug-likeness (QED) is 0.864. The molecule has 0 radical (unpaired) electrons. The minimum Gasteiger partial charge on any atom is -0.370 e. The van der Waals surface area contributed by atoms with Crippen LogP contribution >= 0.6 is 0 Å². The molecule has 0 amide bonds. The fraction of sp³-hybridized carbons (Fsp3) is 0.571. The summed E-state index contributed by atoms with van der Waals surface area (Å²) in [6, 6.07) is 5.89. The molecule has 1 fully saturated rings. The number of rotatable bonds is 4. The molecule has 2 nitrogen and oxygen atoms in total. The zero-order valence-electron chi connectivity index (χ0n) is 10.7. The van der Waals surface area contributed by atoms with Crippen LogP contribution in [-0.2, 0) is 0 Å². The highest BCUT2D eigenvalue weighted by Crippen LogP contribution is 2.25. The first-order valence-corrected chi connectivity index (χ1v) is 6.45. The van der Waals surface area contributed by atoms with Gasteiger partial charge in [-0.15, -0.1) is 0 Å². The van der Waals surface area contributed by atoms with E-state index in [1.54, 1.807) is 6.07 Å². The number of nitrogens with zero attached hydrogens (tertiary/aromatic N) is 1. The molecule has 0 saturated carbocycles. The summed E-state index contributed by atoms with van der Waals surface area (Å²) in [4.78, 5) is 2.28. The van der Waals surface area contributed by atoms with Crippen molar-refractivity contribution in [2.45, 2.75) is 32.7 Å². The topological polar surface area (TPSA) is 15.3 Å². The van der Waals surface area contributed by atoms with E-state index in [2.05, 4.69) is 17.1 Å². The summed E-state index contributed by atoms with van der Waals surface area (Å²) in [5, 5.41) is 3.53. The van der Waals surface area contributed by atoms with Crippen LogP contribution in [0.1, 0.15) is 25.3 Å². The Morgan fingerprint density at radius 3 is 3.06 bits per heavy atom. The molecule has 1 aliphatic heterocycles. The molecule has 1 saturated heterocycles. The van der Waals surface area contributed by atoms with Crippen LogP contribution in [0.25, 0.3) is 0 Å². The molecule has 3 heteroatoms. The van der Waals surface area contributed by atoms with Crippen LogP contribution in [0.5, 0.6) is 0 Å². The molecular weight excluding hydrogens is 215 g/mol. The summed E-state index contributed by atoms with van der Waals surface area (Å²) < 4.78 is 13.5. The van der Waals surface area contributed by atoms with Crippen LogP contribution in [0.15, 0.2) is 18.2 Å². The van der Waals surface area contributed by atoms with E-state index in [4.69, 9.17) is 0 Å². The van der Waals surface area contributed by atoms with E-state index in [0.717, 1.165) is 43.7 Å². The number of benzene rings is 1. The van der Waals surface area contributed by atoms with Crippen LogP contribution in [-0.4, -0.2) is 25.7 Å². The Kier molecular flexibility index (Phi) is 4.00. The zero-order chi connectivity index (χ0) is 12.3. The fourth-order valence-electron chi connectivity index (χ4n) is 2.43. The Labute approximate surface area is 103 Å². The largest absolute Gasteiger partial charge is 0.370 e. The number of halogens is 1. The second-order valence-electron chi connectivity index (χ2n) is 4.77. The lowest BCUT2D eigenvalue weighted by molar-refractivity contribution is 0.549. The lowest BCUT2D eigenvalue weighted by Crippen LogP contribution is -2.33. The minimum absolute atomic E-state index is 0.104. The van der Waals surface area contributed by atoms with Gasteiger partial charge in [0.1, 0.15) is 5.82 Å². The third-order valence-corrected chi connectivity index (χ3v) is 3.45. The summed E-state index contributed by atoms with van der Waals surface area (Å²) in [6.45, 7) is 7.12. The van der Waals surface area contributed by atoms with Crippen molar-refractivity contribution in [3.63, 3.8) is 0 Å². The maximum absolute atomic E-state index is 13.5. The van der Waals surface area contributed by atoms with E-state index in [1.165, 1.54) is 6.07 Å². The Morgan fingerprint density at radius 1 is 1.47 bits per heavy atom. The van der Waals surface area contributed by atoms with Crippen molar-refractivity contribution in [1.29, 1.82) is 0 Å². The molecule has 0 spiro atoms. The standard InChI is InChI=1S/C14H21FN2/c1-3-8-16-12-7-9-17(10-12)14-6-4-5-13(15)11(14)2/h4-6,12,16H,3,7-10H2,1-2H3. The van der Waals surface area contributed by atoms with Crippen LogP contribution in [0, 0.1) is 12.7 Å². The highest BCUT2D eigenvalue weighted by molar-refractivity contribution is 5.54. The smallest absolute Gasteiger partial charge is 0.128 e. The fourth-order valence-corrected chi connectivity index (χ4v) is 2.43. The Balaban J connectivity index is 2.02. The minimum atomic E-state index is -0.104. The molecule has 1 N–H and O–H groups in total. The summed E-state index contributed by atoms with van der Waals surface area (Å²) in [5.74, 6) is -0.104. The highest BCUT2D eigenvalue weighted by atomic mass is 19.1. The average molecular weight is 236 g/mol. The van der Waals surface area contributed by atoms with E-state index in [0.29, 0.717) is 6.04 Å². The molecule has 1 aromatic carbocycles. The van der Waals surface area contributed by atoms with Gasteiger partial charge in [0.15, 0.2) is 0 Å². The first-order chi connectivity index (χ1) is 8.22. The van der Waals surface area contributed by atoms with Gasteiger partial charge in [-0.3, -0.25) is 0 Å². The predicted molar refractivity (Wildman–Crippen MR) is 70.0 cm³/mol. The maximum Gasteiger partial charge on any atom is 0.128 e. The lowest BCUT2D eigenvalue weighted by atomic mass is 10.2. The second-order valence-corrected chi connectivity index (χ2v) is 4.77. The van der Waals surface area contributed by atoms with E-state index in [1.807, 2.05) is 13.0 Å². The van der Waals surface area contributed by atoms with Crippen molar-refractivity contribution in [1.82, 2.24) is 5.32 Å². The van der Waals surface area contributed by atoms with E-state index < -0.39 is 0 Å². The first-order valence-electron chi connectivity index (χ1n) is 6.45. The van der Waals surface area contributed by atoms with Crippen molar-refractivity contribution in [3.8, 4) is 0 Å². The van der Waals surface area contributed by atoms with Crippen molar-refractivity contribution >= 4 is 5.69 Å². The Bertz CT molecular complexity index is 378. The van der Waals surface area contributed by atoms with Gasteiger partial charge in [-0.2, -0.15) is 0 Å². The van der Waals surface area contributed by atoms with Gasteiger partial charge in [0.25, 0.3) is 0 Å². The van der Waals surface area contributed by atoms with Crippen molar-refractivity contribution in [2.75, 3.05) is 24.5 Å². The summed E-state index contributed by atoms with van der Waals surface area (Å²) >= 11 is 0. The first kappa shape index (κ1) is 12.4. The van der Waals surface area contributed by atoms with Crippen molar-refractivity contribution in [3.05, 3.63) is 29.6 Å². The molecule has 0 bridgehead atoms. The molecular formula is C14H21FN2. The summed E-state index contributed by atoms with van der Waals surface area (Å²) in [5.41, 5.74) is 1.81. The number of nitrogens with one attached hydrogen (secondary N) is 1. The van der Waals surface area contributed by atoms with Crippen molar-refractivity contribution < 1.29 is 4.39 Å². The normalized spacial score (nSPS) is 19.9. The zero-order valence-corrected chi connectivity index (χ0v) is 10.7. The van der Waals surface area contributed by atoms with Gasteiger partial charge in [-0.25, -0.2) is 4.39 Å². The van der Waals surface area contributed by atoms with E-state index in [9.17, 15) is 4.39 Å². The molecule has 17 heavy (non-hydrogen) atoms. The monoisotopic (exact) mass is 236 g/mol. The van der Waals surface area contributed by atoms with Gasteiger partial charge in [0.2, 0.25) is 0 Å². The van der Waals surface area contributed by atoms with Gasteiger partial charge < -0.3 is 10.2 Å². The predicted octanol–water partition coefficient (Wildman–Crippen LogP) is 2.71. The molecule has 1 heterocycles. The molecule has 1 aliphatic rings. The van der Waals surface area contributed by atoms with E-state index >= 15 is 0 Å². The molecule has 0 aromatic heterocycles. The molecule has 1 atom stereocenters. The third-order valence-electron chi connectivity index (χ3n) is 3.45. The van der Waals surface area contributed by atoms with Gasteiger partial charge in [0, 0.05) is 30.4 Å². The Hall–Kier alpha value is -1.09. The number of hydrogen-bond donors (Lipinski definition) is 1. The summed E-state index contributed by atoms with van der Waals surface area (Å²) in [6.07, 6.45) is 2.31. The lowest BCUT2D eigenvalue weighted by Gasteiger charge is -2.21. The maximum atomic E-state index is 13.5. The van der Waals surface area contributed by atoms with Crippen LogP contribution in [0.2, 0.25) is 0 Å². The highest BCUT2D eigenvalue weighted by Gasteiger charge is 2.23. The van der Waals surface area contributed by atoms with Crippen molar-refractivity contribution in [2.24, 2.45) is 0 Å². The van der Waals surface area contributed by atoms with E-state index in [-0.39, 0.29) is 5.82 Å². The van der Waals surface area contributed by atoms with Gasteiger partial charge in [-0.1, -0.05) is 13.0 Å². The second kappa shape index (κ2) is 5.50. The third kappa shape index (κ3) is 2.78. The molecule has 2 rings (SSSR count).